The second-order valence-electron chi connectivity index (χ2n) is 5.72. The number of hydrogen-bond acceptors (Lipinski definition) is 6. The molecule has 108 valence electrons. The molecule has 0 fully saturated rings. The number of rotatable bonds is 2. The first-order chi connectivity index (χ1) is 9.93. The molecular weight excluding hydrogens is 284 g/mol. The van der Waals surface area contributed by atoms with Crippen LogP contribution >= 0.6 is 11.8 Å². The van der Waals surface area contributed by atoms with Gasteiger partial charge in [-0.25, -0.2) is 9.97 Å². The summed E-state index contributed by atoms with van der Waals surface area (Å²) >= 11 is 1.43. The monoisotopic (exact) mass is 300 g/mol. The summed E-state index contributed by atoms with van der Waals surface area (Å²) in [5, 5.41) is 9.84. The maximum atomic E-state index is 5.89. The van der Waals surface area contributed by atoms with Crippen molar-refractivity contribution in [2.24, 2.45) is 0 Å². The highest BCUT2D eigenvalue weighted by atomic mass is 32.2. The summed E-state index contributed by atoms with van der Waals surface area (Å²) in [6.45, 7) is 6.17. The summed E-state index contributed by atoms with van der Waals surface area (Å²) in [5.74, 6) is 1.19. The number of nitrogens with two attached hydrogens (primary N) is 1. The lowest BCUT2D eigenvalue weighted by Crippen LogP contribution is -2.17. The van der Waals surface area contributed by atoms with E-state index in [9.17, 15) is 0 Å². The fraction of sp³-hybridized carbons (Fsp3) is 0.286. The first kappa shape index (κ1) is 13.8. The summed E-state index contributed by atoms with van der Waals surface area (Å²) in [6, 6.07) is 7.53. The maximum absolute atomic E-state index is 5.89. The Balaban J connectivity index is 2.00. The van der Waals surface area contributed by atoms with Crippen LogP contribution in [-0.4, -0.2) is 24.6 Å². The number of aromatic nitrogens is 5. The van der Waals surface area contributed by atoms with Gasteiger partial charge < -0.3 is 5.73 Å². The van der Waals surface area contributed by atoms with Crippen LogP contribution < -0.4 is 5.73 Å². The zero-order chi connectivity index (χ0) is 15.0. The molecule has 7 heteroatoms. The zero-order valence-electron chi connectivity index (χ0n) is 12.1. The van der Waals surface area contributed by atoms with Gasteiger partial charge >= 0.3 is 0 Å². The fourth-order valence-corrected chi connectivity index (χ4v) is 2.65. The Hall–Kier alpha value is -2.15. The van der Waals surface area contributed by atoms with Crippen molar-refractivity contribution in [3.63, 3.8) is 0 Å². The minimum absolute atomic E-state index is 0.155. The summed E-state index contributed by atoms with van der Waals surface area (Å²) in [5.41, 5.74) is 6.54. The van der Waals surface area contributed by atoms with E-state index in [1.807, 2.05) is 28.8 Å². The van der Waals surface area contributed by atoms with E-state index in [4.69, 9.17) is 5.73 Å². The summed E-state index contributed by atoms with van der Waals surface area (Å²) in [4.78, 5) is 8.88. The fourth-order valence-electron chi connectivity index (χ4n) is 1.81. The van der Waals surface area contributed by atoms with Gasteiger partial charge in [-0.2, -0.15) is 0 Å². The average molecular weight is 300 g/mol. The number of nitrogen functional groups attached to an aromatic ring is 1. The molecule has 0 aliphatic rings. The summed E-state index contributed by atoms with van der Waals surface area (Å²) in [7, 11) is 0. The second-order valence-corrected chi connectivity index (χ2v) is 6.71. The van der Waals surface area contributed by atoms with Crippen molar-refractivity contribution in [2.45, 2.75) is 36.4 Å². The third-order valence-electron chi connectivity index (χ3n) is 2.87. The first-order valence-corrected chi connectivity index (χ1v) is 7.38. The Morgan fingerprint density at radius 1 is 1.14 bits per heavy atom. The molecule has 0 bridgehead atoms. The van der Waals surface area contributed by atoms with Gasteiger partial charge in [-0.3, -0.25) is 4.40 Å². The predicted molar refractivity (Wildman–Crippen MR) is 82.3 cm³/mol. The van der Waals surface area contributed by atoms with E-state index in [1.165, 1.54) is 11.8 Å². The highest BCUT2D eigenvalue weighted by Crippen LogP contribution is 2.28. The smallest absolute Gasteiger partial charge is 0.201 e. The molecule has 0 spiro atoms. The Morgan fingerprint density at radius 2 is 1.95 bits per heavy atom. The van der Waals surface area contributed by atoms with Crippen LogP contribution in [0.1, 0.15) is 26.6 Å². The van der Waals surface area contributed by atoms with E-state index in [1.54, 1.807) is 6.07 Å². The van der Waals surface area contributed by atoms with E-state index < -0.39 is 0 Å². The van der Waals surface area contributed by atoms with Gasteiger partial charge in [0.05, 0.1) is 0 Å². The standard InChI is InChI=1S/C14H16N6S/c1-14(2,3)12-16-9(15)8-11(17-12)21-13-19-18-10-6-4-5-7-20(10)13/h4-8H,1-3H3,(H2,15,16,17). The van der Waals surface area contributed by atoms with Gasteiger partial charge in [0, 0.05) is 17.7 Å². The summed E-state index contributed by atoms with van der Waals surface area (Å²) < 4.78 is 1.92. The van der Waals surface area contributed by atoms with Crippen molar-refractivity contribution < 1.29 is 0 Å². The molecule has 2 N–H and O–H groups in total. The van der Waals surface area contributed by atoms with Crippen LogP contribution in [0.4, 0.5) is 5.82 Å². The Morgan fingerprint density at radius 3 is 2.71 bits per heavy atom. The van der Waals surface area contributed by atoms with Crippen LogP contribution in [0.2, 0.25) is 0 Å². The van der Waals surface area contributed by atoms with Gasteiger partial charge in [0.15, 0.2) is 5.65 Å². The molecule has 21 heavy (non-hydrogen) atoms. The van der Waals surface area contributed by atoms with Crippen LogP contribution in [0.15, 0.2) is 40.6 Å². The molecule has 3 aromatic rings. The van der Waals surface area contributed by atoms with Crippen molar-refractivity contribution >= 4 is 23.2 Å². The molecule has 0 saturated carbocycles. The minimum atomic E-state index is -0.155. The topological polar surface area (TPSA) is 82.0 Å². The van der Waals surface area contributed by atoms with E-state index in [0.29, 0.717) is 5.82 Å². The number of nitrogens with zero attached hydrogens (tertiary/aromatic N) is 5. The van der Waals surface area contributed by atoms with Crippen molar-refractivity contribution in [2.75, 3.05) is 5.73 Å². The molecule has 0 aliphatic heterocycles. The molecule has 3 rings (SSSR count). The lowest BCUT2D eigenvalue weighted by atomic mass is 9.96. The molecule has 0 saturated heterocycles. The van der Waals surface area contributed by atoms with Crippen molar-refractivity contribution in [1.29, 1.82) is 0 Å². The Bertz CT molecular complexity index is 790. The third-order valence-corrected chi connectivity index (χ3v) is 3.75. The van der Waals surface area contributed by atoms with Gasteiger partial charge in [0.2, 0.25) is 5.16 Å². The van der Waals surface area contributed by atoms with Gasteiger partial charge in [-0.1, -0.05) is 26.8 Å². The van der Waals surface area contributed by atoms with Crippen LogP contribution in [0.3, 0.4) is 0 Å². The molecule has 0 aliphatic carbocycles. The molecule has 3 aromatic heterocycles. The number of pyridine rings is 1. The maximum Gasteiger partial charge on any atom is 0.201 e. The van der Waals surface area contributed by atoms with Gasteiger partial charge in [-0.15, -0.1) is 10.2 Å². The van der Waals surface area contributed by atoms with Crippen LogP contribution in [0, 0.1) is 0 Å². The molecule has 6 nitrogen and oxygen atoms in total. The Kier molecular flexibility index (Phi) is 3.29. The highest BCUT2D eigenvalue weighted by Gasteiger charge is 2.19. The first-order valence-electron chi connectivity index (χ1n) is 6.56. The molecule has 0 amide bonds. The van der Waals surface area contributed by atoms with E-state index in [-0.39, 0.29) is 5.41 Å². The third kappa shape index (κ3) is 2.82. The molecular formula is C14H16N6S. The number of anilines is 1. The quantitative estimate of drug-likeness (QED) is 0.732. The average Bonchev–Trinajstić information content (AvgIpc) is 2.81. The van der Waals surface area contributed by atoms with Crippen molar-refractivity contribution in [1.82, 2.24) is 24.6 Å². The summed E-state index contributed by atoms with van der Waals surface area (Å²) in [6.07, 6.45) is 1.92. The SMILES string of the molecule is CC(C)(C)c1nc(N)cc(Sc2nnc3ccccn23)n1. The van der Waals surface area contributed by atoms with Crippen molar-refractivity contribution in [3.05, 3.63) is 36.3 Å². The van der Waals surface area contributed by atoms with Crippen LogP contribution in [-0.2, 0) is 5.41 Å². The molecule has 3 heterocycles. The largest absolute Gasteiger partial charge is 0.384 e. The number of fused-ring (bicyclic) bond motifs is 1. The van der Waals surface area contributed by atoms with Crippen LogP contribution in [0.5, 0.6) is 0 Å². The van der Waals surface area contributed by atoms with E-state index in [2.05, 4.69) is 40.9 Å². The second kappa shape index (κ2) is 5.00. The van der Waals surface area contributed by atoms with Crippen LogP contribution in [0.25, 0.3) is 5.65 Å². The predicted octanol–water partition coefficient (Wildman–Crippen LogP) is 2.55. The van der Waals surface area contributed by atoms with Crippen molar-refractivity contribution in [3.8, 4) is 0 Å². The normalized spacial score (nSPS) is 12.0. The molecule has 0 radical (unpaired) electrons. The van der Waals surface area contributed by atoms with E-state index in [0.717, 1.165) is 21.7 Å². The van der Waals surface area contributed by atoms with Gasteiger partial charge in [0.1, 0.15) is 16.7 Å². The highest BCUT2D eigenvalue weighted by molar-refractivity contribution is 7.99. The Labute approximate surface area is 126 Å². The lowest BCUT2D eigenvalue weighted by Gasteiger charge is -2.17. The zero-order valence-corrected chi connectivity index (χ0v) is 12.9. The molecule has 0 atom stereocenters. The minimum Gasteiger partial charge on any atom is -0.384 e. The van der Waals surface area contributed by atoms with Gasteiger partial charge in [0.25, 0.3) is 0 Å². The van der Waals surface area contributed by atoms with E-state index >= 15 is 0 Å². The van der Waals surface area contributed by atoms with Gasteiger partial charge in [-0.05, 0) is 23.9 Å². The number of hydrogen-bond donors (Lipinski definition) is 1. The molecule has 0 aromatic carbocycles. The lowest BCUT2D eigenvalue weighted by molar-refractivity contribution is 0.539. The molecule has 0 unspecified atom stereocenters.